The highest BCUT2D eigenvalue weighted by Gasteiger charge is 2.47. The van der Waals surface area contributed by atoms with Crippen molar-refractivity contribution in [1.29, 1.82) is 0 Å². The zero-order valence-corrected chi connectivity index (χ0v) is 11.6. The Morgan fingerprint density at radius 1 is 1.50 bits per heavy atom. The maximum Gasteiger partial charge on any atom is 0.343 e. The van der Waals surface area contributed by atoms with Crippen LogP contribution in [0.15, 0.2) is 24.3 Å². The summed E-state index contributed by atoms with van der Waals surface area (Å²) in [6, 6.07) is 0. The summed E-state index contributed by atoms with van der Waals surface area (Å²) in [5.41, 5.74) is -2.12. The van der Waals surface area contributed by atoms with Crippen LogP contribution in [0.3, 0.4) is 0 Å². The molecule has 1 aliphatic rings. The molecule has 0 saturated carbocycles. The molecule has 1 heterocycles. The van der Waals surface area contributed by atoms with Crippen LogP contribution in [-0.4, -0.2) is 41.6 Å². The second kappa shape index (κ2) is 5.17. The Bertz CT molecular complexity index is 615. The molecule has 0 spiro atoms. The van der Waals surface area contributed by atoms with Gasteiger partial charge in [-0.25, -0.2) is 9.59 Å². The lowest BCUT2D eigenvalue weighted by molar-refractivity contribution is -0.150. The van der Waals surface area contributed by atoms with E-state index in [0.29, 0.717) is 6.08 Å². The lowest BCUT2D eigenvalue weighted by Gasteiger charge is -2.32. The van der Waals surface area contributed by atoms with Crippen molar-refractivity contribution in [3.05, 3.63) is 24.3 Å². The van der Waals surface area contributed by atoms with Crippen molar-refractivity contribution >= 4 is 28.0 Å². The predicted molar refractivity (Wildman–Crippen MR) is 66.9 cm³/mol. The Morgan fingerprint density at radius 2 is 2.05 bits per heavy atom. The fraction of sp³-hybridized carbons (Fsp3) is 0.364. The van der Waals surface area contributed by atoms with E-state index in [9.17, 15) is 27.4 Å². The molecular formula is C11H13NO7S. The largest absolute Gasteiger partial charge is 0.386 e. The Labute approximate surface area is 115 Å². The van der Waals surface area contributed by atoms with Crippen LogP contribution in [0.4, 0.5) is 0 Å². The van der Waals surface area contributed by atoms with Crippen molar-refractivity contribution in [2.24, 2.45) is 0 Å². The Balaban J connectivity index is 3.31. The van der Waals surface area contributed by atoms with Gasteiger partial charge in [-0.3, -0.25) is 9.35 Å². The van der Waals surface area contributed by atoms with Gasteiger partial charge in [0.2, 0.25) is 5.91 Å². The topological polar surface area (TPSA) is 127 Å². The number of rotatable bonds is 5. The molecule has 2 N–H and O–H groups in total. The summed E-state index contributed by atoms with van der Waals surface area (Å²) in [5.74, 6) is -2.93. The quantitative estimate of drug-likeness (QED) is 0.298. The first-order chi connectivity index (χ1) is 8.99. The molecule has 0 fully saturated rings. The van der Waals surface area contributed by atoms with Crippen molar-refractivity contribution in [3.63, 3.8) is 0 Å². The third-order valence-corrected chi connectivity index (χ3v) is 4.01. The highest BCUT2D eigenvalue weighted by atomic mass is 32.2. The molecule has 8 nitrogen and oxygen atoms in total. The van der Waals surface area contributed by atoms with Gasteiger partial charge in [0.05, 0.1) is 11.1 Å². The third-order valence-electron chi connectivity index (χ3n) is 2.57. The number of carbonyl (C=O) groups is 3. The minimum Gasteiger partial charge on any atom is -0.386 e. The van der Waals surface area contributed by atoms with E-state index in [-0.39, 0.29) is 0 Å². The van der Waals surface area contributed by atoms with Crippen LogP contribution in [0.1, 0.15) is 13.8 Å². The maximum absolute atomic E-state index is 11.5. The number of esters is 2. The van der Waals surface area contributed by atoms with Gasteiger partial charge in [0.1, 0.15) is 5.25 Å². The van der Waals surface area contributed by atoms with Crippen molar-refractivity contribution < 1.29 is 32.1 Å². The van der Waals surface area contributed by atoms with Gasteiger partial charge in [0.25, 0.3) is 10.1 Å². The predicted octanol–water partition coefficient (Wildman–Crippen LogP) is -0.667. The van der Waals surface area contributed by atoms with Gasteiger partial charge >= 0.3 is 11.9 Å². The summed E-state index contributed by atoms with van der Waals surface area (Å²) in [6.07, 6.45) is 1.57. The number of nitrogens with one attached hydrogen (secondary N) is 1. The molecule has 1 rings (SSSR count). The smallest absolute Gasteiger partial charge is 0.343 e. The van der Waals surface area contributed by atoms with E-state index in [1.807, 2.05) is 0 Å². The molecule has 110 valence electrons. The van der Waals surface area contributed by atoms with E-state index < -0.39 is 44.3 Å². The monoisotopic (exact) mass is 303 g/mol. The lowest BCUT2D eigenvalue weighted by Crippen LogP contribution is -2.56. The SMILES string of the molecule is C=CC(=O)NC(C)(C)C(C1=CC(=O)OC1=O)S(=O)(=O)O. The molecule has 0 bridgehead atoms. The summed E-state index contributed by atoms with van der Waals surface area (Å²) in [6.45, 7) is 5.74. The Hall–Kier alpha value is -2.00. The van der Waals surface area contributed by atoms with Gasteiger partial charge in [-0.2, -0.15) is 8.42 Å². The molecule has 1 aliphatic heterocycles. The highest BCUT2D eigenvalue weighted by Crippen LogP contribution is 2.27. The van der Waals surface area contributed by atoms with E-state index in [1.165, 1.54) is 13.8 Å². The molecule has 1 amide bonds. The van der Waals surface area contributed by atoms with Crippen molar-refractivity contribution in [2.75, 3.05) is 0 Å². The van der Waals surface area contributed by atoms with Crippen LogP contribution in [0.5, 0.6) is 0 Å². The second-order valence-corrected chi connectivity index (χ2v) is 6.12. The van der Waals surface area contributed by atoms with Crippen LogP contribution in [-0.2, 0) is 29.2 Å². The van der Waals surface area contributed by atoms with Gasteiger partial charge in [-0.15, -0.1) is 0 Å². The average molecular weight is 303 g/mol. The van der Waals surface area contributed by atoms with Gasteiger partial charge in [0, 0.05) is 6.08 Å². The fourth-order valence-corrected chi connectivity index (χ4v) is 3.19. The van der Waals surface area contributed by atoms with E-state index >= 15 is 0 Å². The third kappa shape index (κ3) is 3.31. The van der Waals surface area contributed by atoms with E-state index in [1.54, 1.807) is 0 Å². The van der Waals surface area contributed by atoms with Gasteiger partial charge in [0.15, 0.2) is 0 Å². The fourth-order valence-electron chi connectivity index (χ4n) is 1.90. The molecule has 0 aromatic rings. The number of hydrogen-bond acceptors (Lipinski definition) is 6. The summed E-state index contributed by atoms with van der Waals surface area (Å²) >= 11 is 0. The normalized spacial score (nSPS) is 17.2. The lowest BCUT2D eigenvalue weighted by atomic mass is 9.94. The molecule has 20 heavy (non-hydrogen) atoms. The number of amides is 1. The number of carbonyl (C=O) groups excluding carboxylic acids is 3. The van der Waals surface area contributed by atoms with Crippen LogP contribution >= 0.6 is 0 Å². The van der Waals surface area contributed by atoms with E-state index in [4.69, 9.17) is 0 Å². The van der Waals surface area contributed by atoms with Gasteiger partial charge in [-0.05, 0) is 19.9 Å². The summed E-state index contributed by atoms with van der Waals surface area (Å²) < 4.78 is 36.5. The van der Waals surface area contributed by atoms with Crippen LogP contribution < -0.4 is 5.32 Å². The molecule has 0 radical (unpaired) electrons. The first-order valence-electron chi connectivity index (χ1n) is 5.37. The summed E-state index contributed by atoms with van der Waals surface area (Å²) in [7, 11) is -4.79. The minimum absolute atomic E-state index is 0.549. The van der Waals surface area contributed by atoms with Gasteiger partial charge < -0.3 is 10.1 Å². The molecule has 0 aromatic heterocycles. The molecule has 9 heteroatoms. The van der Waals surface area contributed by atoms with Crippen molar-refractivity contribution in [1.82, 2.24) is 5.32 Å². The molecule has 1 atom stereocenters. The van der Waals surface area contributed by atoms with Crippen LogP contribution in [0.2, 0.25) is 0 Å². The average Bonchev–Trinajstić information content (AvgIpc) is 2.54. The van der Waals surface area contributed by atoms with Crippen LogP contribution in [0, 0.1) is 0 Å². The molecule has 0 saturated heterocycles. The Morgan fingerprint density at radius 3 is 2.40 bits per heavy atom. The zero-order valence-electron chi connectivity index (χ0n) is 10.7. The summed E-state index contributed by atoms with van der Waals surface area (Å²) in [4.78, 5) is 33.8. The number of hydrogen-bond donors (Lipinski definition) is 2. The van der Waals surface area contributed by atoms with Crippen molar-refractivity contribution in [2.45, 2.75) is 24.6 Å². The molecular weight excluding hydrogens is 290 g/mol. The summed E-state index contributed by atoms with van der Waals surface area (Å²) in [5, 5.41) is 0.420. The highest BCUT2D eigenvalue weighted by molar-refractivity contribution is 7.86. The first kappa shape index (κ1) is 16.1. The molecule has 0 aromatic carbocycles. The van der Waals surface area contributed by atoms with Crippen LogP contribution in [0.25, 0.3) is 0 Å². The number of ether oxygens (including phenoxy) is 1. The van der Waals surface area contributed by atoms with E-state index in [0.717, 1.165) is 6.08 Å². The molecule has 1 unspecified atom stereocenters. The van der Waals surface area contributed by atoms with Gasteiger partial charge in [-0.1, -0.05) is 6.58 Å². The van der Waals surface area contributed by atoms with Crippen molar-refractivity contribution in [3.8, 4) is 0 Å². The molecule has 0 aliphatic carbocycles. The zero-order chi connectivity index (χ0) is 15.7. The second-order valence-electron chi connectivity index (χ2n) is 4.62. The first-order valence-corrected chi connectivity index (χ1v) is 6.88. The minimum atomic E-state index is -4.79. The van der Waals surface area contributed by atoms with E-state index in [2.05, 4.69) is 16.6 Å². The number of cyclic esters (lactones) is 2. The maximum atomic E-state index is 11.5. The Kier molecular flexibility index (Phi) is 4.15. The standard InChI is InChI=1S/C11H13NO7S/c1-4-7(13)12-11(2,3)9(20(16,17)18)6-5-8(14)19-10(6)15/h4-5,9H,1H2,2-3H3,(H,12,13)(H,16,17,18).